The molecule has 0 aliphatic heterocycles. The minimum Gasteiger partial charge on any atom is -0.479 e. The van der Waals surface area contributed by atoms with Crippen molar-refractivity contribution in [1.29, 1.82) is 0 Å². The van der Waals surface area contributed by atoms with E-state index in [0.29, 0.717) is 0 Å². The standard InChI is InChI=1S/C8H10O7/c1-4(9)2-6(11)15-7(12)3-5(10)8(13)14/h5,10H,2-3H2,1H3,(H,13,14). The van der Waals surface area contributed by atoms with Crippen molar-refractivity contribution in [2.24, 2.45) is 0 Å². The summed E-state index contributed by atoms with van der Waals surface area (Å²) < 4.78 is 4.06. The van der Waals surface area contributed by atoms with Gasteiger partial charge in [0.05, 0.1) is 6.42 Å². The van der Waals surface area contributed by atoms with E-state index in [1.165, 1.54) is 0 Å². The van der Waals surface area contributed by atoms with Gasteiger partial charge in [0.2, 0.25) is 0 Å². The zero-order chi connectivity index (χ0) is 12.0. The number of ether oxygens (including phenoxy) is 1. The topological polar surface area (TPSA) is 118 Å². The molecule has 84 valence electrons. The molecule has 0 heterocycles. The number of aliphatic hydroxyl groups excluding tert-OH is 1. The number of ketones is 1. The van der Waals surface area contributed by atoms with E-state index in [2.05, 4.69) is 4.74 Å². The van der Waals surface area contributed by atoms with Crippen LogP contribution in [-0.4, -0.2) is 40.0 Å². The van der Waals surface area contributed by atoms with Gasteiger partial charge in [-0.05, 0) is 6.92 Å². The van der Waals surface area contributed by atoms with Crippen molar-refractivity contribution in [3.8, 4) is 0 Å². The monoisotopic (exact) mass is 218 g/mol. The second-order valence-electron chi connectivity index (χ2n) is 2.78. The minimum absolute atomic E-state index is 0.480. The van der Waals surface area contributed by atoms with Crippen LogP contribution in [0.25, 0.3) is 0 Å². The fourth-order valence-corrected chi connectivity index (χ4v) is 0.653. The Morgan fingerprint density at radius 1 is 1.20 bits per heavy atom. The number of carboxylic acids is 1. The molecule has 0 aliphatic rings. The van der Waals surface area contributed by atoms with Crippen molar-refractivity contribution in [1.82, 2.24) is 0 Å². The molecule has 7 heteroatoms. The van der Waals surface area contributed by atoms with Crippen LogP contribution in [0.3, 0.4) is 0 Å². The van der Waals surface area contributed by atoms with Crippen LogP contribution in [0.4, 0.5) is 0 Å². The second-order valence-corrected chi connectivity index (χ2v) is 2.78. The maximum Gasteiger partial charge on any atom is 0.333 e. The van der Waals surface area contributed by atoms with Gasteiger partial charge in [0.1, 0.15) is 12.2 Å². The highest BCUT2D eigenvalue weighted by Gasteiger charge is 2.21. The van der Waals surface area contributed by atoms with Gasteiger partial charge in [-0.25, -0.2) is 4.79 Å². The first kappa shape index (κ1) is 13.2. The van der Waals surface area contributed by atoms with E-state index >= 15 is 0 Å². The van der Waals surface area contributed by atoms with E-state index in [4.69, 9.17) is 10.2 Å². The summed E-state index contributed by atoms with van der Waals surface area (Å²) in [6.45, 7) is 1.14. The molecule has 2 N–H and O–H groups in total. The third-order valence-electron chi connectivity index (χ3n) is 1.27. The Hall–Kier alpha value is -1.76. The van der Waals surface area contributed by atoms with Crippen LogP contribution in [-0.2, 0) is 23.9 Å². The molecule has 0 rings (SSSR count). The lowest BCUT2D eigenvalue weighted by atomic mass is 10.2. The zero-order valence-corrected chi connectivity index (χ0v) is 7.93. The van der Waals surface area contributed by atoms with E-state index in [0.717, 1.165) is 6.92 Å². The highest BCUT2D eigenvalue weighted by atomic mass is 16.6. The molecule has 0 aromatic carbocycles. The fourth-order valence-electron chi connectivity index (χ4n) is 0.653. The normalized spacial score (nSPS) is 11.6. The summed E-state index contributed by atoms with van der Waals surface area (Å²) in [5.41, 5.74) is 0. The van der Waals surface area contributed by atoms with Crippen LogP contribution in [0.1, 0.15) is 19.8 Å². The number of hydrogen-bond donors (Lipinski definition) is 2. The first-order valence-electron chi connectivity index (χ1n) is 3.96. The number of Topliss-reactive ketones (excluding diaryl/α,β-unsaturated/α-hetero) is 1. The minimum atomic E-state index is -1.91. The van der Waals surface area contributed by atoms with Gasteiger partial charge in [-0.15, -0.1) is 0 Å². The molecule has 0 amide bonds. The molecule has 0 aliphatic carbocycles. The summed E-state index contributed by atoms with van der Waals surface area (Å²) in [7, 11) is 0. The van der Waals surface area contributed by atoms with Crippen molar-refractivity contribution in [3.05, 3.63) is 0 Å². The molecule has 0 aromatic heterocycles. The summed E-state index contributed by atoms with van der Waals surface area (Å²) >= 11 is 0. The Labute approximate surface area is 84.6 Å². The quantitative estimate of drug-likeness (QED) is 0.442. The van der Waals surface area contributed by atoms with Gasteiger partial charge in [0, 0.05) is 0 Å². The molecule has 0 aromatic rings. The Kier molecular flexibility index (Phi) is 5.18. The van der Waals surface area contributed by atoms with Gasteiger partial charge in [0.15, 0.2) is 6.10 Å². The lowest BCUT2D eigenvalue weighted by molar-refractivity contribution is -0.164. The number of carbonyl (C=O) groups is 4. The van der Waals surface area contributed by atoms with Gasteiger partial charge in [-0.1, -0.05) is 0 Å². The molecule has 7 nitrogen and oxygen atoms in total. The highest BCUT2D eigenvalue weighted by molar-refractivity contribution is 5.98. The smallest absolute Gasteiger partial charge is 0.333 e. The Balaban J connectivity index is 3.99. The SMILES string of the molecule is CC(=O)CC(=O)OC(=O)CC(O)C(=O)O. The van der Waals surface area contributed by atoms with Crippen LogP contribution in [0.5, 0.6) is 0 Å². The van der Waals surface area contributed by atoms with Crippen molar-refractivity contribution < 1.29 is 34.1 Å². The van der Waals surface area contributed by atoms with E-state index in [1.54, 1.807) is 0 Å². The predicted octanol–water partition coefficient (Wildman–Crippen LogP) is -1.13. The van der Waals surface area contributed by atoms with Crippen molar-refractivity contribution >= 4 is 23.7 Å². The van der Waals surface area contributed by atoms with Crippen LogP contribution >= 0.6 is 0 Å². The maximum atomic E-state index is 10.8. The number of esters is 2. The van der Waals surface area contributed by atoms with Crippen molar-refractivity contribution in [2.45, 2.75) is 25.9 Å². The summed E-state index contributed by atoms with van der Waals surface area (Å²) in [6.07, 6.45) is -3.31. The Morgan fingerprint density at radius 2 is 1.73 bits per heavy atom. The van der Waals surface area contributed by atoms with Crippen LogP contribution in [0.2, 0.25) is 0 Å². The summed E-state index contributed by atoms with van der Waals surface area (Å²) in [4.78, 5) is 42.0. The molecule has 15 heavy (non-hydrogen) atoms. The molecule has 1 unspecified atom stereocenters. The van der Waals surface area contributed by atoms with Crippen LogP contribution < -0.4 is 0 Å². The maximum absolute atomic E-state index is 10.8. The number of carboxylic acid groups (broad SMARTS) is 1. The number of carbonyl (C=O) groups excluding carboxylic acids is 3. The largest absolute Gasteiger partial charge is 0.479 e. The van der Waals surface area contributed by atoms with E-state index in [9.17, 15) is 19.2 Å². The third kappa shape index (κ3) is 6.33. The molecule has 0 radical (unpaired) electrons. The summed E-state index contributed by atoms with van der Waals surface area (Å²) in [6, 6.07) is 0. The molecule has 0 saturated heterocycles. The molecule has 0 bridgehead atoms. The third-order valence-corrected chi connectivity index (χ3v) is 1.27. The summed E-state index contributed by atoms with van der Waals surface area (Å²) in [5.74, 6) is -4.32. The average Bonchev–Trinajstić information content (AvgIpc) is 2.00. The number of aliphatic hydroxyl groups is 1. The Bertz CT molecular complexity index is 293. The van der Waals surface area contributed by atoms with Gasteiger partial charge in [-0.3, -0.25) is 14.4 Å². The van der Waals surface area contributed by atoms with Gasteiger partial charge >= 0.3 is 17.9 Å². The predicted molar refractivity (Wildman–Crippen MR) is 44.7 cm³/mol. The second kappa shape index (κ2) is 5.86. The van der Waals surface area contributed by atoms with Gasteiger partial charge < -0.3 is 14.9 Å². The Morgan fingerprint density at radius 3 is 2.13 bits per heavy atom. The molecule has 0 spiro atoms. The number of aliphatic carboxylic acids is 1. The van der Waals surface area contributed by atoms with Gasteiger partial charge in [0.25, 0.3) is 0 Å². The van der Waals surface area contributed by atoms with E-state index in [-0.39, 0.29) is 0 Å². The average molecular weight is 218 g/mol. The lowest BCUT2D eigenvalue weighted by Gasteiger charge is -2.04. The first-order chi connectivity index (χ1) is 6.82. The van der Waals surface area contributed by atoms with E-state index < -0.39 is 42.6 Å². The highest BCUT2D eigenvalue weighted by Crippen LogP contribution is 1.97. The molecule has 0 saturated carbocycles. The summed E-state index contributed by atoms with van der Waals surface area (Å²) in [5, 5.41) is 16.9. The number of hydrogen-bond acceptors (Lipinski definition) is 6. The molecule has 1 atom stereocenters. The molecular formula is C8H10O7. The van der Waals surface area contributed by atoms with E-state index in [1.807, 2.05) is 0 Å². The molecule has 0 fully saturated rings. The number of rotatable bonds is 5. The molecular weight excluding hydrogens is 208 g/mol. The first-order valence-corrected chi connectivity index (χ1v) is 3.96. The van der Waals surface area contributed by atoms with Crippen molar-refractivity contribution in [3.63, 3.8) is 0 Å². The fraction of sp³-hybridized carbons (Fsp3) is 0.500. The van der Waals surface area contributed by atoms with Crippen LogP contribution in [0.15, 0.2) is 0 Å². The lowest BCUT2D eigenvalue weighted by Crippen LogP contribution is -2.25. The zero-order valence-electron chi connectivity index (χ0n) is 7.93. The van der Waals surface area contributed by atoms with Crippen molar-refractivity contribution in [2.75, 3.05) is 0 Å². The van der Waals surface area contributed by atoms with Crippen LogP contribution in [0, 0.1) is 0 Å². The van der Waals surface area contributed by atoms with Gasteiger partial charge in [-0.2, -0.15) is 0 Å².